The molecule has 0 radical (unpaired) electrons. The zero-order valence-corrected chi connectivity index (χ0v) is 10.7. The van der Waals surface area contributed by atoms with E-state index >= 15 is 0 Å². The van der Waals surface area contributed by atoms with Crippen LogP contribution in [0.3, 0.4) is 0 Å². The van der Waals surface area contributed by atoms with Crippen LogP contribution in [-0.4, -0.2) is 10.1 Å². The van der Waals surface area contributed by atoms with Gasteiger partial charge in [0.05, 0.1) is 5.54 Å². The summed E-state index contributed by atoms with van der Waals surface area (Å²) >= 11 is 5.95. The molecule has 2 N–H and O–H groups in total. The first-order valence-corrected chi connectivity index (χ1v) is 5.65. The maximum Gasteiger partial charge on any atom is 0.258 e. The van der Waals surface area contributed by atoms with Crippen molar-refractivity contribution in [2.45, 2.75) is 26.3 Å². The first kappa shape index (κ1) is 12.1. The lowest BCUT2D eigenvalue weighted by Gasteiger charge is -2.11. The van der Waals surface area contributed by atoms with Crippen LogP contribution >= 0.6 is 11.6 Å². The molecular weight excluding hydrogens is 238 g/mol. The maximum atomic E-state index is 5.95. The molecule has 0 aliphatic rings. The molecule has 0 unspecified atom stereocenters. The first-order chi connectivity index (χ1) is 7.88. The number of hydrogen-bond acceptors (Lipinski definition) is 4. The highest BCUT2D eigenvalue weighted by atomic mass is 35.5. The van der Waals surface area contributed by atoms with Crippen LogP contribution in [0.2, 0.25) is 5.02 Å². The molecule has 0 fully saturated rings. The molecule has 90 valence electrons. The predicted octanol–water partition coefficient (Wildman–Crippen LogP) is 2.89. The van der Waals surface area contributed by atoms with Gasteiger partial charge in [0, 0.05) is 10.6 Å². The molecule has 0 aliphatic carbocycles. The smallest absolute Gasteiger partial charge is 0.258 e. The Kier molecular flexibility index (Phi) is 2.93. The third-order valence-corrected chi connectivity index (χ3v) is 2.67. The monoisotopic (exact) mass is 251 g/mol. The van der Waals surface area contributed by atoms with Crippen molar-refractivity contribution in [3.05, 3.63) is 34.6 Å². The molecule has 4 nitrogen and oxygen atoms in total. The second-order valence-corrected chi connectivity index (χ2v) is 5.04. The zero-order valence-electron chi connectivity index (χ0n) is 9.99. The summed E-state index contributed by atoms with van der Waals surface area (Å²) in [4.78, 5) is 4.29. The molecular formula is C12H14ClN3O. The van der Waals surface area contributed by atoms with E-state index in [0.29, 0.717) is 16.7 Å². The second kappa shape index (κ2) is 4.13. The topological polar surface area (TPSA) is 64.9 Å². The van der Waals surface area contributed by atoms with Gasteiger partial charge in [0.25, 0.3) is 5.89 Å². The van der Waals surface area contributed by atoms with E-state index in [4.69, 9.17) is 21.9 Å². The number of halogens is 1. The highest BCUT2D eigenvalue weighted by molar-refractivity contribution is 6.30. The molecule has 0 spiro atoms. The minimum atomic E-state index is -0.617. The Hall–Kier alpha value is -1.39. The number of aromatic nitrogens is 2. The van der Waals surface area contributed by atoms with Crippen molar-refractivity contribution in [3.8, 4) is 11.5 Å². The fourth-order valence-electron chi connectivity index (χ4n) is 1.42. The molecule has 0 amide bonds. The highest BCUT2D eigenvalue weighted by Crippen LogP contribution is 2.26. The quantitative estimate of drug-likeness (QED) is 0.891. The minimum absolute atomic E-state index is 0.443. The molecule has 17 heavy (non-hydrogen) atoms. The second-order valence-electron chi connectivity index (χ2n) is 4.60. The molecule has 1 heterocycles. The van der Waals surface area contributed by atoms with Gasteiger partial charge in [-0.05, 0) is 38.5 Å². The molecule has 2 aromatic rings. The molecule has 2 rings (SSSR count). The summed E-state index contributed by atoms with van der Waals surface area (Å²) in [5, 5.41) is 4.52. The number of nitrogens with zero attached hydrogens (tertiary/aromatic N) is 2. The van der Waals surface area contributed by atoms with Gasteiger partial charge in [0.1, 0.15) is 0 Å². The lowest BCUT2D eigenvalue weighted by atomic mass is 10.1. The van der Waals surface area contributed by atoms with Crippen LogP contribution in [0.1, 0.15) is 25.2 Å². The predicted molar refractivity (Wildman–Crippen MR) is 66.7 cm³/mol. The zero-order chi connectivity index (χ0) is 12.6. The molecule has 0 atom stereocenters. The van der Waals surface area contributed by atoms with E-state index in [1.807, 2.05) is 32.9 Å². The first-order valence-electron chi connectivity index (χ1n) is 5.27. The Labute approximate surface area is 105 Å². The van der Waals surface area contributed by atoms with Gasteiger partial charge in [-0.2, -0.15) is 4.98 Å². The van der Waals surface area contributed by atoms with Gasteiger partial charge < -0.3 is 10.3 Å². The summed E-state index contributed by atoms with van der Waals surface area (Å²) in [6.07, 6.45) is 0. The summed E-state index contributed by atoms with van der Waals surface area (Å²) in [6.45, 7) is 5.61. The van der Waals surface area contributed by atoms with E-state index in [-0.39, 0.29) is 0 Å². The third kappa shape index (κ3) is 2.48. The van der Waals surface area contributed by atoms with Crippen LogP contribution in [0, 0.1) is 6.92 Å². The van der Waals surface area contributed by atoms with Gasteiger partial charge in [0.15, 0.2) is 5.82 Å². The highest BCUT2D eigenvalue weighted by Gasteiger charge is 2.22. The van der Waals surface area contributed by atoms with Gasteiger partial charge in [0.2, 0.25) is 0 Å². The summed E-state index contributed by atoms with van der Waals surface area (Å²) in [5.74, 6) is 0.922. The van der Waals surface area contributed by atoms with Crippen LogP contribution in [0.5, 0.6) is 0 Å². The number of nitrogens with two attached hydrogens (primary N) is 1. The molecule has 5 heteroatoms. The van der Waals surface area contributed by atoms with E-state index in [9.17, 15) is 0 Å². The van der Waals surface area contributed by atoms with Gasteiger partial charge in [-0.15, -0.1) is 0 Å². The fourth-order valence-corrected chi connectivity index (χ4v) is 1.59. The molecule has 1 aromatic carbocycles. The van der Waals surface area contributed by atoms with Crippen molar-refractivity contribution in [1.29, 1.82) is 0 Å². The normalized spacial score (nSPS) is 11.8. The number of benzene rings is 1. The lowest BCUT2D eigenvalue weighted by molar-refractivity contribution is 0.397. The Morgan fingerprint density at radius 3 is 2.65 bits per heavy atom. The fraction of sp³-hybridized carbons (Fsp3) is 0.333. The van der Waals surface area contributed by atoms with Gasteiger partial charge >= 0.3 is 0 Å². The standard InChI is InChI=1S/C12H14ClN3O/c1-7-4-5-8(13)6-9(7)10-15-11(16-17-10)12(2,3)14/h4-6H,14H2,1-3H3. The van der Waals surface area contributed by atoms with Crippen molar-refractivity contribution in [2.75, 3.05) is 0 Å². The Morgan fingerprint density at radius 1 is 1.35 bits per heavy atom. The Morgan fingerprint density at radius 2 is 2.06 bits per heavy atom. The van der Waals surface area contributed by atoms with Gasteiger partial charge in [-0.1, -0.05) is 22.8 Å². The van der Waals surface area contributed by atoms with Crippen LogP contribution in [0.4, 0.5) is 0 Å². The van der Waals surface area contributed by atoms with Crippen molar-refractivity contribution < 1.29 is 4.52 Å². The maximum absolute atomic E-state index is 5.95. The Bertz CT molecular complexity index is 543. The third-order valence-electron chi connectivity index (χ3n) is 2.43. The lowest BCUT2D eigenvalue weighted by Crippen LogP contribution is -2.30. The summed E-state index contributed by atoms with van der Waals surface area (Å²) < 4.78 is 5.21. The Balaban J connectivity index is 2.47. The summed E-state index contributed by atoms with van der Waals surface area (Å²) in [5.41, 5.74) is 7.15. The van der Waals surface area contributed by atoms with Crippen molar-refractivity contribution in [3.63, 3.8) is 0 Å². The van der Waals surface area contributed by atoms with Crippen LogP contribution in [0.15, 0.2) is 22.7 Å². The largest absolute Gasteiger partial charge is 0.334 e. The van der Waals surface area contributed by atoms with Crippen molar-refractivity contribution in [2.24, 2.45) is 5.73 Å². The van der Waals surface area contributed by atoms with Crippen LogP contribution in [-0.2, 0) is 5.54 Å². The average molecular weight is 252 g/mol. The molecule has 0 aliphatic heterocycles. The van der Waals surface area contributed by atoms with Crippen molar-refractivity contribution >= 4 is 11.6 Å². The van der Waals surface area contributed by atoms with Crippen LogP contribution in [0.25, 0.3) is 11.5 Å². The average Bonchev–Trinajstić information content (AvgIpc) is 2.70. The molecule has 1 aromatic heterocycles. The number of hydrogen-bond donors (Lipinski definition) is 1. The summed E-state index contributed by atoms with van der Waals surface area (Å²) in [6, 6.07) is 5.54. The van der Waals surface area contributed by atoms with E-state index in [2.05, 4.69) is 10.1 Å². The van der Waals surface area contributed by atoms with Crippen molar-refractivity contribution in [1.82, 2.24) is 10.1 Å². The minimum Gasteiger partial charge on any atom is -0.334 e. The van der Waals surface area contributed by atoms with Gasteiger partial charge in [-0.25, -0.2) is 0 Å². The van der Waals surface area contributed by atoms with E-state index in [0.717, 1.165) is 11.1 Å². The summed E-state index contributed by atoms with van der Waals surface area (Å²) in [7, 11) is 0. The van der Waals surface area contributed by atoms with E-state index in [1.54, 1.807) is 6.07 Å². The van der Waals surface area contributed by atoms with E-state index in [1.165, 1.54) is 0 Å². The molecule has 0 saturated carbocycles. The molecule has 0 bridgehead atoms. The van der Waals surface area contributed by atoms with Gasteiger partial charge in [-0.3, -0.25) is 0 Å². The SMILES string of the molecule is Cc1ccc(Cl)cc1-c1nc(C(C)(C)N)no1. The molecule has 0 saturated heterocycles. The number of aryl methyl sites for hydroxylation is 1. The number of rotatable bonds is 2. The van der Waals surface area contributed by atoms with Crippen LogP contribution < -0.4 is 5.73 Å². The van der Waals surface area contributed by atoms with E-state index < -0.39 is 5.54 Å².